The maximum Gasteiger partial charge on any atom is 0.416 e. The quantitative estimate of drug-likeness (QED) is 0.914. The lowest BCUT2D eigenvalue weighted by atomic mass is 10.1. The van der Waals surface area contributed by atoms with Gasteiger partial charge in [0.2, 0.25) is 0 Å². The van der Waals surface area contributed by atoms with Gasteiger partial charge in [0.1, 0.15) is 6.07 Å². The molecule has 1 fully saturated rings. The van der Waals surface area contributed by atoms with Crippen LogP contribution < -0.4 is 4.90 Å². The van der Waals surface area contributed by atoms with Crippen LogP contribution in [0.2, 0.25) is 0 Å². The van der Waals surface area contributed by atoms with E-state index in [-0.39, 0.29) is 18.2 Å². The van der Waals surface area contributed by atoms with Crippen LogP contribution in [0.4, 0.5) is 18.9 Å². The Hall–Kier alpha value is -1.74. The molecule has 0 spiro atoms. The third-order valence-corrected chi connectivity index (χ3v) is 3.08. The number of alkyl halides is 3. The lowest BCUT2D eigenvalue weighted by Gasteiger charge is -2.25. The van der Waals surface area contributed by atoms with E-state index < -0.39 is 11.7 Å². The molecule has 1 aromatic rings. The van der Waals surface area contributed by atoms with Gasteiger partial charge in [-0.25, -0.2) is 0 Å². The van der Waals surface area contributed by atoms with Crippen molar-refractivity contribution in [3.8, 4) is 6.07 Å². The molecular formula is C13H13F3N2O. The summed E-state index contributed by atoms with van der Waals surface area (Å²) in [4.78, 5) is 1.80. The van der Waals surface area contributed by atoms with E-state index in [9.17, 15) is 13.2 Å². The summed E-state index contributed by atoms with van der Waals surface area (Å²) < 4.78 is 37.8. The Labute approximate surface area is 108 Å². The molecule has 6 heteroatoms. The van der Waals surface area contributed by atoms with Crippen molar-refractivity contribution in [2.45, 2.75) is 25.1 Å². The molecule has 0 atom stereocenters. The predicted molar refractivity (Wildman–Crippen MR) is 63.6 cm³/mol. The SMILES string of the molecule is N#Cc1cc(C(F)(F)F)ccc1N(CCO)C1CC1. The number of aliphatic hydroxyl groups excluding tert-OH is 1. The summed E-state index contributed by atoms with van der Waals surface area (Å²) in [7, 11) is 0. The van der Waals surface area contributed by atoms with Crippen LogP contribution >= 0.6 is 0 Å². The van der Waals surface area contributed by atoms with E-state index in [1.807, 2.05) is 0 Å². The second-order valence-corrected chi connectivity index (χ2v) is 4.49. The summed E-state index contributed by atoms with van der Waals surface area (Å²) >= 11 is 0. The summed E-state index contributed by atoms with van der Waals surface area (Å²) in [6.07, 6.45) is -2.58. The van der Waals surface area contributed by atoms with E-state index in [2.05, 4.69) is 0 Å². The number of halogens is 3. The van der Waals surface area contributed by atoms with E-state index in [4.69, 9.17) is 10.4 Å². The Morgan fingerprint density at radius 1 is 1.37 bits per heavy atom. The molecule has 0 heterocycles. The molecule has 102 valence electrons. The monoisotopic (exact) mass is 270 g/mol. The highest BCUT2D eigenvalue weighted by atomic mass is 19.4. The van der Waals surface area contributed by atoms with Crippen LogP contribution in [0.15, 0.2) is 18.2 Å². The van der Waals surface area contributed by atoms with Gasteiger partial charge in [0, 0.05) is 12.6 Å². The average molecular weight is 270 g/mol. The first-order chi connectivity index (χ1) is 8.97. The highest BCUT2D eigenvalue weighted by Crippen LogP contribution is 2.36. The molecule has 0 amide bonds. The van der Waals surface area contributed by atoms with Crippen molar-refractivity contribution >= 4 is 5.69 Å². The number of rotatable bonds is 4. The maximum atomic E-state index is 12.6. The summed E-state index contributed by atoms with van der Waals surface area (Å²) in [5, 5.41) is 18.0. The number of hydrogen-bond acceptors (Lipinski definition) is 3. The van der Waals surface area contributed by atoms with Gasteiger partial charge in [-0.1, -0.05) is 0 Å². The number of hydrogen-bond donors (Lipinski definition) is 1. The molecule has 2 rings (SSSR count). The van der Waals surface area contributed by atoms with Crippen molar-refractivity contribution in [1.29, 1.82) is 5.26 Å². The normalized spacial score (nSPS) is 15.1. The van der Waals surface area contributed by atoms with Crippen LogP contribution in [0.1, 0.15) is 24.0 Å². The van der Waals surface area contributed by atoms with Crippen LogP contribution in [-0.2, 0) is 6.18 Å². The van der Waals surface area contributed by atoms with Gasteiger partial charge in [0.25, 0.3) is 0 Å². The van der Waals surface area contributed by atoms with Crippen LogP contribution in [0.25, 0.3) is 0 Å². The molecule has 1 N–H and O–H groups in total. The molecule has 0 aromatic heterocycles. The van der Waals surface area contributed by atoms with Crippen LogP contribution in [0.5, 0.6) is 0 Å². The minimum absolute atomic E-state index is 0.00447. The first-order valence-electron chi connectivity index (χ1n) is 5.96. The van der Waals surface area contributed by atoms with Gasteiger partial charge in [-0.15, -0.1) is 0 Å². The Morgan fingerprint density at radius 3 is 2.53 bits per heavy atom. The zero-order chi connectivity index (χ0) is 14.0. The molecule has 1 aliphatic carbocycles. The molecule has 0 bridgehead atoms. The van der Waals surface area contributed by atoms with Gasteiger partial charge in [-0.2, -0.15) is 18.4 Å². The molecular weight excluding hydrogens is 257 g/mol. The van der Waals surface area contributed by atoms with Gasteiger partial charge in [0.05, 0.1) is 23.4 Å². The Kier molecular flexibility index (Phi) is 3.67. The second-order valence-electron chi connectivity index (χ2n) is 4.49. The largest absolute Gasteiger partial charge is 0.416 e. The summed E-state index contributed by atoms with van der Waals surface area (Å²) in [5.74, 6) is 0. The third-order valence-electron chi connectivity index (χ3n) is 3.08. The van der Waals surface area contributed by atoms with E-state index in [1.54, 1.807) is 11.0 Å². The topological polar surface area (TPSA) is 47.3 Å². The fourth-order valence-electron chi connectivity index (χ4n) is 2.05. The predicted octanol–water partition coefficient (Wildman–Crippen LogP) is 2.54. The standard InChI is InChI=1S/C13H13F3N2O/c14-13(15,16)10-1-4-12(9(7-10)8-17)18(5-6-19)11-2-3-11/h1,4,7,11,19H,2-3,5-6H2. The summed E-state index contributed by atoms with van der Waals surface area (Å²) in [5.41, 5.74) is -0.366. The van der Waals surface area contributed by atoms with Gasteiger partial charge in [0.15, 0.2) is 0 Å². The van der Waals surface area contributed by atoms with Gasteiger partial charge >= 0.3 is 6.18 Å². The average Bonchev–Trinajstić information content (AvgIpc) is 3.18. The summed E-state index contributed by atoms with van der Waals surface area (Å²) in [6.45, 7) is 0.229. The lowest BCUT2D eigenvalue weighted by molar-refractivity contribution is -0.137. The molecule has 19 heavy (non-hydrogen) atoms. The van der Waals surface area contributed by atoms with Crippen molar-refractivity contribution in [3.63, 3.8) is 0 Å². The van der Waals surface area contributed by atoms with Crippen LogP contribution in [0.3, 0.4) is 0 Å². The lowest BCUT2D eigenvalue weighted by Crippen LogP contribution is -2.29. The smallest absolute Gasteiger partial charge is 0.395 e. The van der Waals surface area contributed by atoms with E-state index in [0.29, 0.717) is 12.2 Å². The number of nitriles is 1. The molecule has 1 saturated carbocycles. The number of anilines is 1. The Morgan fingerprint density at radius 2 is 2.05 bits per heavy atom. The molecule has 1 aliphatic rings. The minimum Gasteiger partial charge on any atom is -0.395 e. The number of benzene rings is 1. The molecule has 0 aliphatic heterocycles. The van der Waals surface area contributed by atoms with Crippen LogP contribution in [0, 0.1) is 11.3 Å². The zero-order valence-electron chi connectivity index (χ0n) is 10.1. The van der Waals surface area contributed by atoms with E-state index in [1.165, 1.54) is 6.07 Å². The fraction of sp³-hybridized carbons (Fsp3) is 0.462. The fourth-order valence-corrected chi connectivity index (χ4v) is 2.05. The van der Waals surface area contributed by atoms with E-state index in [0.717, 1.165) is 25.0 Å². The van der Waals surface area contributed by atoms with Crippen molar-refractivity contribution in [2.24, 2.45) is 0 Å². The second kappa shape index (κ2) is 5.10. The number of aliphatic hydroxyl groups is 1. The van der Waals surface area contributed by atoms with Crippen molar-refractivity contribution < 1.29 is 18.3 Å². The molecule has 0 unspecified atom stereocenters. The zero-order valence-corrected chi connectivity index (χ0v) is 10.1. The highest BCUT2D eigenvalue weighted by Gasteiger charge is 2.33. The number of nitrogens with zero attached hydrogens (tertiary/aromatic N) is 2. The minimum atomic E-state index is -4.45. The van der Waals surface area contributed by atoms with Crippen LogP contribution in [-0.4, -0.2) is 24.3 Å². The first kappa shape index (κ1) is 13.7. The van der Waals surface area contributed by atoms with Gasteiger partial charge in [-0.3, -0.25) is 0 Å². The first-order valence-corrected chi connectivity index (χ1v) is 5.96. The Balaban J connectivity index is 2.37. The van der Waals surface area contributed by atoms with Crippen molar-refractivity contribution in [1.82, 2.24) is 0 Å². The van der Waals surface area contributed by atoms with Gasteiger partial charge in [-0.05, 0) is 31.0 Å². The summed E-state index contributed by atoms with van der Waals surface area (Å²) in [6, 6.07) is 5.18. The molecule has 0 saturated heterocycles. The van der Waals surface area contributed by atoms with E-state index >= 15 is 0 Å². The Bertz CT molecular complexity index is 504. The molecule has 0 radical (unpaired) electrons. The maximum absolute atomic E-state index is 12.6. The van der Waals surface area contributed by atoms with Crippen molar-refractivity contribution in [3.05, 3.63) is 29.3 Å². The third kappa shape index (κ3) is 2.99. The van der Waals surface area contributed by atoms with Gasteiger partial charge < -0.3 is 10.0 Å². The molecule has 3 nitrogen and oxygen atoms in total. The molecule has 1 aromatic carbocycles. The highest BCUT2D eigenvalue weighted by molar-refractivity contribution is 5.62. The van der Waals surface area contributed by atoms with Crippen molar-refractivity contribution in [2.75, 3.05) is 18.1 Å².